The van der Waals surface area contributed by atoms with Crippen molar-refractivity contribution < 1.29 is 8.78 Å². The van der Waals surface area contributed by atoms with Crippen LogP contribution in [-0.2, 0) is 0 Å². The first-order valence-electron chi connectivity index (χ1n) is 3.55. The molecule has 0 amide bonds. The third kappa shape index (κ3) is 1.76. The van der Waals surface area contributed by atoms with Crippen LogP contribution in [0.15, 0.2) is 23.7 Å². The Hall–Kier alpha value is -0.810. The van der Waals surface area contributed by atoms with Crippen LogP contribution in [0.1, 0.15) is 11.4 Å². The molecule has 13 heavy (non-hydrogen) atoms. The largest absolute Gasteiger partial charge is 0.289 e. The minimum absolute atomic E-state index is 0.108. The van der Waals surface area contributed by atoms with Crippen molar-refractivity contribution >= 4 is 22.7 Å². The standard InChI is InChI=1S/C8H5F2NS2/c9-7(10)8-11-4-6(13-8)5-2-1-3-12-5/h1-4,7H. The summed E-state index contributed by atoms with van der Waals surface area (Å²) in [5, 5.41) is 1.81. The first-order chi connectivity index (χ1) is 6.27. The summed E-state index contributed by atoms with van der Waals surface area (Å²) in [5.74, 6) is 0. The monoisotopic (exact) mass is 217 g/mol. The third-order valence-electron chi connectivity index (χ3n) is 1.47. The Morgan fingerprint density at radius 2 is 2.15 bits per heavy atom. The highest BCUT2D eigenvalue weighted by atomic mass is 32.1. The van der Waals surface area contributed by atoms with Crippen LogP contribution in [0.2, 0.25) is 0 Å². The molecular formula is C8H5F2NS2. The number of halogens is 2. The van der Waals surface area contributed by atoms with E-state index >= 15 is 0 Å². The van der Waals surface area contributed by atoms with Crippen molar-refractivity contribution in [2.75, 3.05) is 0 Å². The van der Waals surface area contributed by atoms with Crippen LogP contribution in [0.3, 0.4) is 0 Å². The second-order valence-corrected chi connectivity index (χ2v) is 4.35. The number of thiophene rings is 1. The summed E-state index contributed by atoms with van der Waals surface area (Å²) in [4.78, 5) is 5.45. The zero-order valence-corrected chi connectivity index (χ0v) is 8.04. The van der Waals surface area contributed by atoms with Crippen LogP contribution >= 0.6 is 22.7 Å². The molecule has 0 aromatic carbocycles. The van der Waals surface area contributed by atoms with Crippen molar-refractivity contribution in [1.82, 2.24) is 4.98 Å². The summed E-state index contributed by atoms with van der Waals surface area (Å²) in [6, 6.07) is 3.79. The van der Waals surface area contributed by atoms with E-state index in [0.29, 0.717) is 0 Å². The van der Waals surface area contributed by atoms with Crippen molar-refractivity contribution in [3.05, 3.63) is 28.7 Å². The van der Waals surface area contributed by atoms with E-state index in [9.17, 15) is 8.78 Å². The molecular weight excluding hydrogens is 212 g/mol. The zero-order valence-electron chi connectivity index (χ0n) is 6.41. The molecule has 68 valence electrons. The van der Waals surface area contributed by atoms with Gasteiger partial charge < -0.3 is 0 Å². The second-order valence-electron chi connectivity index (χ2n) is 2.34. The highest BCUT2D eigenvalue weighted by Gasteiger charge is 2.13. The zero-order chi connectivity index (χ0) is 9.26. The van der Waals surface area contributed by atoms with E-state index in [1.807, 2.05) is 17.5 Å². The van der Waals surface area contributed by atoms with Crippen LogP contribution < -0.4 is 0 Å². The first-order valence-corrected chi connectivity index (χ1v) is 5.25. The van der Waals surface area contributed by atoms with Crippen molar-refractivity contribution in [2.24, 2.45) is 0 Å². The van der Waals surface area contributed by atoms with Crippen LogP contribution in [0, 0.1) is 0 Å². The molecule has 2 aromatic rings. The predicted octanol–water partition coefficient (Wildman–Crippen LogP) is 3.81. The summed E-state index contributed by atoms with van der Waals surface area (Å²) in [7, 11) is 0. The van der Waals surface area contributed by atoms with Crippen LogP contribution in [0.4, 0.5) is 8.78 Å². The van der Waals surface area contributed by atoms with Gasteiger partial charge in [-0.2, -0.15) is 0 Å². The highest BCUT2D eigenvalue weighted by molar-refractivity contribution is 7.21. The van der Waals surface area contributed by atoms with Gasteiger partial charge in [-0.3, -0.25) is 0 Å². The maximum atomic E-state index is 12.2. The van der Waals surface area contributed by atoms with E-state index < -0.39 is 6.43 Å². The number of hydrogen-bond donors (Lipinski definition) is 0. The molecule has 1 nitrogen and oxygen atoms in total. The fourth-order valence-electron chi connectivity index (χ4n) is 0.921. The van der Waals surface area contributed by atoms with Gasteiger partial charge in [0.15, 0.2) is 5.01 Å². The van der Waals surface area contributed by atoms with E-state index in [2.05, 4.69) is 4.98 Å². The van der Waals surface area contributed by atoms with Gasteiger partial charge in [0.2, 0.25) is 0 Å². The van der Waals surface area contributed by atoms with Gasteiger partial charge in [0.05, 0.1) is 4.88 Å². The van der Waals surface area contributed by atoms with E-state index in [1.165, 1.54) is 17.5 Å². The lowest BCUT2D eigenvalue weighted by molar-refractivity contribution is 0.151. The predicted molar refractivity (Wildman–Crippen MR) is 50.4 cm³/mol. The molecule has 0 bridgehead atoms. The van der Waals surface area contributed by atoms with Gasteiger partial charge in [-0.1, -0.05) is 6.07 Å². The molecule has 0 radical (unpaired) electrons. The second kappa shape index (κ2) is 3.51. The fraction of sp³-hybridized carbons (Fsp3) is 0.125. The average molecular weight is 217 g/mol. The van der Waals surface area contributed by atoms with Crippen LogP contribution in [-0.4, -0.2) is 4.98 Å². The minimum Gasteiger partial charge on any atom is -0.243 e. The lowest BCUT2D eigenvalue weighted by atomic mass is 10.4. The summed E-state index contributed by atoms with van der Waals surface area (Å²) in [6.07, 6.45) is -0.962. The van der Waals surface area contributed by atoms with Crippen LogP contribution in [0.5, 0.6) is 0 Å². The average Bonchev–Trinajstić information content (AvgIpc) is 2.75. The topological polar surface area (TPSA) is 12.9 Å². The van der Waals surface area contributed by atoms with E-state index in [4.69, 9.17) is 0 Å². The lowest BCUT2D eigenvalue weighted by Gasteiger charge is -1.88. The molecule has 0 saturated carbocycles. The molecule has 2 rings (SSSR count). The molecule has 2 aromatic heterocycles. The first kappa shape index (κ1) is 8.77. The number of alkyl halides is 2. The maximum Gasteiger partial charge on any atom is 0.289 e. The Morgan fingerprint density at radius 1 is 1.31 bits per heavy atom. The molecule has 0 saturated heterocycles. The summed E-state index contributed by atoms with van der Waals surface area (Å²) < 4.78 is 24.3. The summed E-state index contributed by atoms with van der Waals surface area (Å²) >= 11 is 2.57. The van der Waals surface area contributed by atoms with E-state index in [1.54, 1.807) is 0 Å². The number of nitrogens with zero attached hydrogens (tertiary/aromatic N) is 1. The Kier molecular flexibility index (Phi) is 2.37. The number of aromatic nitrogens is 1. The smallest absolute Gasteiger partial charge is 0.243 e. The number of thiazole rings is 1. The summed E-state index contributed by atoms with van der Waals surface area (Å²) in [6.45, 7) is 0. The van der Waals surface area contributed by atoms with Crippen molar-refractivity contribution in [2.45, 2.75) is 6.43 Å². The fourth-order valence-corrected chi connectivity index (χ4v) is 2.51. The Bertz CT molecular complexity index is 381. The van der Waals surface area contributed by atoms with Gasteiger partial charge in [0.1, 0.15) is 0 Å². The molecule has 2 heterocycles. The number of hydrogen-bond acceptors (Lipinski definition) is 3. The maximum absolute atomic E-state index is 12.2. The third-order valence-corrected chi connectivity index (χ3v) is 3.54. The molecule has 0 aliphatic heterocycles. The molecule has 0 aliphatic rings. The molecule has 0 spiro atoms. The van der Waals surface area contributed by atoms with Gasteiger partial charge in [-0.15, -0.1) is 22.7 Å². The van der Waals surface area contributed by atoms with Gasteiger partial charge in [0, 0.05) is 11.1 Å². The molecule has 0 unspecified atom stereocenters. The Balaban J connectivity index is 2.33. The van der Waals surface area contributed by atoms with Gasteiger partial charge in [-0.25, -0.2) is 13.8 Å². The van der Waals surface area contributed by atoms with Gasteiger partial charge >= 0.3 is 0 Å². The van der Waals surface area contributed by atoms with E-state index in [-0.39, 0.29) is 5.01 Å². The van der Waals surface area contributed by atoms with Crippen molar-refractivity contribution in [3.63, 3.8) is 0 Å². The molecule has 0 N–H and O–H groups in total. The number of rotatable bonds is 2. The highest BCUT2D eigenvalue weighted by Crippen LogP contribution is 2.33. The SMILES string of the molecule is FC(F)c1ncc(-c2cccs2)s1. The Morgan fingerprint density at radius 3 is 2.69 bits per heavy atom. The van der Waals surface area contributed by atoms with Crippen LogP contribution in [0.25, 0.3) is 9.75 Å². The van der Waals surface area contributed by atoms with E-state index in [0.717, 1.165) is 21.1 Å². The minimum atomic E-state index is -2.46. The lowest BCUT2D eigenvalue weighted by Crippen LogP contribution is -1.77. The quantitative estimate of drug-likeness (QED) is 0.745. The van der Waals surface area contributed by atoms with Crippen molar-refractivity contribution in [1.29, 1.82) is 0 Å². The summed E-state index contributed by atoms with van der Waals surface area (Å²) in [5.41, 5.74) is 0. The normalized spacial score (nSPS) is 11.0. The molecule has 0 aliphatic carbocycles. The van der Waals surface area contributed by atoms with Gasteiger partial charge in [0.25, 0.3) is 6.43 Å². The Labute approximate surface area is 81.7 Å². The molecule has 0 atom stereocenters. The van der Waals surface area contributed by atoms with Crippen molar-refractivity contribution in [3.8, 4) is 9.75 Å². The van der Waals surface area contributed by atoms with Gasteiger partial charge in [-0.05, 0) is 11.4 Å². The molecule has 5 heteroatoms. The molecule has 0 fully saturated rings.